The van der Waals surface area contributed by atoms with Crippen molar-refractivity contribution in [2.75, 3.05) is 13.7 Å². The van der Waals surface area contributed by atoms with Crippen molar-refractivity contribution >= 4 is 12.0 Å². The molecule has 2 atom stereocenters. The maximum atomic E-state index is 12.7. The quantitative estimate of drug-likeness (QED) is 0.887. The largest absolute Gasteiger partial charge is 0.493 e. The van der Waals surface area contributed by atoms with Crippen LogP contribution >= 0.6 is 0 Å². The highest BCUT2D eigenvalue weighted by Gasteiger charge is 2.30. The van der Waals surface area contributed by atoms with Crippen molar-refractivity contribution in [3.8, 4) is 5.75 Å². The minimum Gasteiger partial charge on any atom is -0.493 e. The van der Waals surface area contributed by atoms with E-state index >= 15 is 0 Å². The van der Waals surface area contributed by atoms with Crippen LogP contribution in [0.25, 0.3) is 0 Å². The summed E-state index contributed by atoms with van der Waals surface area (Å²) in [6.45, 7) is 8.35. The zero-order chi connectivity index (χ0) is 17.9. The van der Waals surface area contributed by atoms with Gasteiger partial charge < -0.3 is 20.1 Å². The van der Waals surface area contributed by atoms with Gasteiger partial charge in [-0.25, -0.2) is 4.79 Å². The van der Waals surface area contributed by atoms with E-state index in [2.05, 4.69) is 21.4 Å². The SMILES string of the molecule is COC(=O)N[C@H](C(=O)NC1CCOc2c(C)cc(C)cc21)C(C)C. The van der Waals surface area contributed by atoms with E-state index in [4.69, 9.17) is 4.74 Å². The third-order valence-electron chi connectivity index (χ3n) is 4.20. The van der Waals surface area contributed by atoms with E-state index in [0.717, 1.165) is 22.4 Å². The molecule has 0 spiro atoms. The summed E-state index contributed by atoms with van der Waals surface area (Å²) in [6.07, 6.45) is 0.0907. The van der Waals surface area contributed by atoms with Gasteiger partial charge in [0, 0.05) is 12.0 Å². The number of rotatable bonds is 4. The van der Waals surface area contributed by atoms with Crippen molar-refractivity contribution in [3.05, 3.63) is 28.8 Å². The number of amides is 2. The molecule has 132 valence electrons. The second-order valence-corrected chi connectivity index (χ2v) is 6.56. The molecule has 0 saturated heterocycles. The number of carbonyl (C=O) groups is 2. The molecule has 0 aromatic heterocycles. The summed E-state index contributed by atoms with van der Waals surface area (Å²) in [5.74, 6) is 0.578. The van der Waals surface area contributed by atoms with E-state index in [0.29, 0.717) is 13.0 Å². The maximum Gasteiger partial charge on any atom is 0.407 e. The summed E-state index contributed by atoms with van der Waals surface area (Å²) in [7, 11) is 1.28. The second-order valence-electron chi connectivity index (χ2n) is 6.56. The monoisotopic (exact) mass is 334 g/mol. The van der Waals surface area contributed by atoms with Crippen LogP contribution < -0.4 is 15.4 Å². The molecule has 0 fully saturated rings. The first-order chi connectivity index (χ1) is 11.3. The Morgan fingerprint density at radius 3 is 2.62 bits per heavy atom. The first-order valence-electron chi connectivity index (χ1n) is 8.22. The predicted molar refractivity (Wildman–Crippen MR) is 91.1 cm³/mol. The van der Waals surface area contributed by atoms with Gasteiger partial charge in [0.25, 0.3) is 0 Å². The first kappa shape index (κ1) is 18.1. The predicted octanol–water partition coefficient (Wildman–Crippen LogP) is 2.62. The summed E-state index contributed by atoms with van der Waals surface area (Å²) >= 11 is 0. The molecule has 1 aromatic rings. The number of ether oxygens (including phenoxy) is 2. The van der Waals surface area contributed by atoms with Crippen molar-refractivity contribution in [1.29, 1.82) is 0 Å². The van der Waals surface area contributed by atoms with Crippen molar-refractivity contribution in [2.45, 2.75) is 46.2 Å². The average molecular weight is 334 g/mol. The highest BCUT2D eigenvalue weighted by molar-refractivity contribution is 5.86. The standard InChI is InChI=1S/C18H26N2O4/c1-10(2)15(20-18(22)23-5)17(21)19-14-6-7-24-16-12(4)8-11(3)9-13(14)16/h8-10,14-15H,6-7H2,1-5H3,(H,19,21)(H,20,22)/t14?,15-/m0/s1. The Kier molecular flexibility index (Phi) is 5.70. The lowest BCUT2D eigenvalue weighted by molar-refractivity contribution is -0.125. The summed E-state index contributed by atoms with van der Waals surface area (Å²) in [5.41, 5.74) is 3.19. The van der Waals surface area contributed by atoms with Crippen molar-refractivity contribution < 1.29 is 19.1 Å². The minimum atomic E-state index is -0.644. The van der Waals surface area contributed by atoms with Gasteiger partial charge in [-0.2, -0.15) is 0 Å². The number of fused-ring (bicyclic) bond motifs is 1. The number of hydrogen-bond acceptors (Lipinski definition) is 4. The molecule has 1 aliphatic rings. The van der Waals surface area contributed by atoms with Crippen LogP contribution in [0, 0.1) is 19.8 Å². The highest BCUT2D eigenvalue weighted by atomic mass is 16.5. The minimum absolute atomic E-state index is 0.0531. The van der Waals surface area contributed by atoms with E-state index in [1.165, 1.54) is 7.11 Å². The molecule has 6 heteroatoms. The summed E-state index contributed by atoms with van der Waals surface area (Å²) < 4.78 is 10.4. The number of alkyl carbamates (subject to hydrolysis) is 1. The van der Waals surface area contributed by atoms with E-state index < -0.39 is 12.1 Å². The van der Waals surface area contributed by atoms with Crippen LogP contribution in [-0.2, 0) is 9.53 Å². The molecule has 1 unspecified atom stereocenters. The molecular formula is C18H26N2O4. The smallest absolute Gasteiger partial charge is 0.407 e. The van der Waals surface area contributed by atoms with E-state index in [1.54, 1.807) is 0 Å². The van der Waals surface area contributed by atoms with Crippen molar-refractivity contribution in [2.24, 2.45) is 5.92 Å². The fourth-order valence-corrected chi connectivity index (χ4v) is 3.01. The fraction of sp³-hybridized carbons (Fsp3) is 0.556. The zero-order valence-electron chi connectivity index (χ0n) is 14.9. The van der Waals surface area contributed by atoms with Gasteiger partial charge in [0.05, 0.1) is 19.8 Å². The van der Waals surface area contributed by atoms with Gasteiger partial charge in [0.1, 0.15) is 11.8 Å². The maximum absolute atomic E-state index is 12.7. The van der Waals surface area contributed by atoms with Gasteiger partial charge in [0.2, 0.25) is 5.91 Å². The van der Waals surface area contributed by atoms with Crippen LogP contribution in [0.15, 0.2) is 12.1 Å². The topological polar surface area (TPSA) is 76.7 Å². The summed E-state index contributed by atoms with van der Waals surface area (Å²) in [5, 5.41) is 5.65. The lowest BCUT2D eigenvalue weighted by Gasteiger charge is -2.30. The van der Waals surface area contributed by atoms with E-state index in [9.17, 15) is 9.59 Å². The number of aryl methyl sites for hydroxylation is 2. The molecule has 24 heavy (non-hydrogen) atoms. The normalized spacial score (nSPS) is 17.5. The van der Waals surface area contributed by atoms with Crippen LogP contribution in [0.5, 0.6) is 5.75 Å². The van der Waals surface area contributed by atoms with Gasteiger partial charge in [-0.3, -0.25) is 4.79 Å². The Morgan fingerprint density at radius 2 is 2.00 bits per heavy atom. The number of benzene rings is 1. The van der Waals surface area contributed by atoms with Crippen LogP contribution in [0.2, 0.25) is 0 Å². The fourth-order valence-electron chi connectivity index (χ4n) is 3.01. The molecule has 0 aliphatic carbocycles. The number of methoxy groups -OCH3 is 1. The number of nitrogens with one attached hydrogen (secondary N) is 2. The number of carbonyl (C=O) groups excluding carboxylic acids is 2. The number of hydrogen-bond donors (Lipinski definition) is 2. The lowest BCUT2D eigenvalue weighted by atomic mass is 9.94. The molecule has 1 heterocycles. The molecule has 1 aromatic carbocycles. The Labute approximate surface area is 142 Å². The van der Waals surface area contributed by atoms with Gasteiger partial charge >= 0.3 is 6.09 Å². The van der Waals surface area contributed by atoms with Gasteiger partial charge in [-0.1, -0.05) is 31.5 Å². The molecule has 6 nitrogen and oxygen atoms in total. The molecular weight excluding hydrogens is 308 g/mol. The molecule has 1 aliphatic heterocycles. The Morgan fingerprint density at radius 1 is 1.29 bits per heavy atom. The van der Waals surface area contributed by atoms with E-state index in [1.807, 2.05) is 33.8 Å². The Balaban J connectivity index is 2.19. The average Bonchev–Trinajstić information content (AvgIpc) is 2.52. The van der Waals surface area contributed by atoms with Crippen LogP contribution in [0.3, 0.4) is 0 Å². The second kappa shape index (κ2) is 7.55. The summed E-state index contributed by atoms with van der Waals surface area (Å²) in [4.78, 5) is 24.1. The van der Waals surface area contributed by atoms with Crippen molar-refractivity contribution in [3.63, 3.8) is 0 Å². The molecule has 2 rings (SSSR count). The third-order valence-corrected chi connectivity index (χ3v) is 4.20. The Hall–Kier alpha value is -2.24. The lowest BCUT2D eigenvalue weighted by Crippen LogP contribution is -2.50. The molecule has 2 N–H and O–H groups in total. The molecule has 0 bridgehead atoms. The van der Waals surface area contributed by atoms with Gasteiger partial charge in [-0.05, 0) is 25.3 Å². The van der Waals surface area contributed by atoms with Gasteiger partial charge in [-0.15, -0.1) is 0 Å². The first-order valence-corrected chi connectivity index (χ1v) is 8.22. The Bertz CT molecular complexity index is 628. The third kappa shape index (κ3) is 3.99. The van der Waals surface area contributed by atoms with Crippen LogP contribution in [0.4, 0.5) is 4.79 Å². The van der Waals surface area contributed by atoms with Crippen molar-refractivity contribution in [1.82, 2.24) is 10.6 Å². The highest BCUT2D eigenvalue weighted by Crippen LogP contribution is 2.35. The van der Waals surface area contributed by atoms with Crippen LogP contribution in [0.1, 0.15) is 43.0 Å². The summed E-state index contributed by atoms with van der Waals surface area (Å²) in [6, 6.07) is 3.35. The molecule has 2 amide bonds. The zero-order valence-corrected chi connectivity index (χ0v) is 14.9. The molecule has 0 radical (unpaired) electrons. The van der Waals surface area contributed by atoms with E-state index in [-0.39, 0.29) is 17.9 Å². The molecule has 0 saturated carbocycles. The van der Waals surface area contributed by atoms with Crippen LogP contribution in [-0.4, -0.2) is 31.8 Å². The van der Waals surface area contributed by atoms with Gasteiger partial charge in [0.15, 0.2) is 0 Å².